The Labute approximate surface area is 272 Å². The third kappa shape index (κ3) is 5.26. The van der Waals surface area contributed by atoms with Gasteiger partial charge in [0.05, 0.1) is 24.2 Å². The van der Waals surface area contributed by atoms with Crippen LogP contribution in [0.4, 0.5) is 0 Å². The van der Waals surface area contributed by atoms with Gasteiger partial charge in [0.2, 0.25) is 0 Å². The molecule has 4 aliphatic rings. The molecule has 1 aromatic carbocycles. The topological polar surface area (TPSA) is 138 Å². The van der Waals surface area contributed by atoms with Crippen molar-refractivity contribution in [3.05, 3.63) is 47.0 Å². The van der Waals surface area contributed by atoms with E-state index >= 15 is 0 Å². The Morgan fingerprint density at radius 3 is 2.15 bits per heavy atom. The summed E-state index contributed by atoms with van der Waals surface area (Å²) >= 11 is 0. The van der Waals surface area contributed by atoms with Crippen molar-refractivity contribution < 1.29 is 48.0 Å². The van der Waals surface area contributed by atoms with Crippen LogP contribution < -0.4 is 0 Å². The van der Waals surface area contributed by atoms with Crippen molar-refractivity contribution in [1.82, 2.24) is 0 Å². The van der Waals surface area contributed by atoms with E-state index in [9.17, 15) is 24.6 Å². The number of aliphatic hydroxyl groups is 2. The van der Waals surface area contributed by atoms with Crippen LogP contribution >= 0.6 is 0 Å². The van der Waals surface area contributed by atoms with Gasteiger partial charge in [0, 0.05) is 31.1 Å². The highest BCUT2D eigenvalue weighted by atomic mass is 28.4. The van der Waals surface area contributed by atoms with Crippen LogP contribution in [0.5, 0.6) is 0 Å². The number of carbonyl (C=O) groups is 3. The van der Waals surface area contributed by atoms with E-state index in [4.69, 9.17) is 23.4 Å². The Morgan fingerprint density at radius 2 is 1.63 bits per heavy atom. The zero-order valence-electron chi connectivity index (χ0n) is 28.7. The van der Waals surface area contributed by atoms with Crippen LogP contribution in [0, 0.1) is 22.7 Å². The molecule has 1 aliphatic heterocycles. The molecular weight excluding hydrogens is 608 g/mol. The van der Waals surface area contributed by atoms with E-state index in [1.807, 2.05) is 54.3 Å². The highest BCUT2D eigenvalue weighted by Gasteiger charge is 2.77. The largest absolute Gasteiger partial charge is 0.455 e. The van der Waals surface area contributed by atoms with Gasteiger partial charge >= 0.3 is 17.9 Å². The normalized spacial score (nSPS) is 39.9. The van der Waals surface area contributed by atoms with Crippen LogP contribution in [0.15, 0.2) is 41.5 Å². The SMILES string of the molecule is CC(=O)OC1C2=C(C)C(O[Si](C)(C)C)CC(O)(C(OC(=O)c3ccccc3)C3C4(OC(C)=O)COC4CC(C)C3(C)C1O)C2(C)C. The van der Waals surface area contributed by atoms with E-state index in [0.29, 0.717) is 12.0 Å². The zero-order chi connectivity index (χ0) is 34.2. The van der Waals surface area contributed by atoms with Crippen molar-refractivity contribution in [2.24, 2.45) is 22.7 Å². The Morgan fingerprint density at radius 1 is 1.00 bits per heavy atom. The standard InChI is InChI=1S/C35H50O10Si/c1-19-16-25-34(18-41-25,44-22(4)37)28-30(43-31(39)23-14-12-11-13-15-23)35(40)17-24(45-46(8,9)10)20(2)26(32(35,5)6)27(42-21(3)36)29(38)33(19,28)7/h11-15,19,24-25,27-30,38,40H,16-18H2,1-10H3. The third-order valence-corrected chi connectivity index (χ3v) is 12.4. The van der Waals surface area contributed by atoms with Gasteiger partial charge in [-0.2, -0.15) is 0 Å². The van der Waals surface area contributed by atoms with Gasteiger partial charge in [-0.3, -0.25) is 9.59 Å². The average molecular weight is 659 g/mol. The number of hydrogen-bond donors (Lipinski definition) is 2. The van der Waals surface area contributed by atoms with E-state index in [0.717, 1.165) is 5.57 Å². The number of esters is 3. The molecule has 0 aromatic heterocycles. The summed E-state index contributed by atoms with van der Waals surface area (Å²) in [6, 6.07) is 8.53. The molecule has 10 unspecified atom stereocenters. The lowest BCUT2D eigenvalue weighted by atomic mass is 9.43. The third-order valence-electron chi connectivity index (χ3n) is 11.4. The second-order valence-corrected chi connectivity index (χ2v) is 20.0. The minimum atomic E-state index is -2.24. The predicted molar refractivity (Wildman–Crippen MR) is 171 cm³/mol. The minimum Gasteiger partial charge on any atom is -0.455 e. The smallest absolute Gasteiger partial charge is 0.338 e. The Kier molecular flexibility index (Phi) is 8.72. The highest BCUT2D eigenvalue weighted by Crippen LogP contribution is 2.66. The minimum absolute atomic E-state index is 0.0123. The van der Waals surface area contributed by atoms with E-state index in [1.165, 1.54) is 13.8 Å². The van der Waals surface area contributed by atoms with Crippen molar-refractivity contribution in [2.45, 2.75) is 123 Å². The Balaban J connectivity index is 1.86. The van der Waals surface area contributed by atoms with Gasteiger partial charge in [0.25, 0.3) is 0 Å². The Hall–Kier alpha value is -2.57. The number of carbonyl (C=O) groups excluding carboxylic acids is 3. The van der Waals surface area contributed by atoms with Crippen LogP contribution in [-0.2, 0) is 33.0 Å². The fourth-order valence-electron chi connectivity index (χ4n) is 9.00. The van der Waals surface area contributed by atoms with E-state index < -0.39 is 84.7 Å². The van der Waals surface area contributed by atoms with Gasteiger partial charge in [-0.1, -0.05) is 45.9 Å². The lowest BCUT2D eigenvalue weighted by Crippen LogP contribution is -2.81. The molecular formula is C35H50O10Si. The molecule has 2 N–H and O–H groups in total. The van der Waals surface area contributed by atoms with E-state index in [2.05, 4.69) is 0 Å². The van der Waals surface area contributed by atoms with Crippen molar-refractivity contribution in [3.63, 3.8) is 0 Å². The molecule has 0 spiro atoms. The maximum Gasteiger partial charge on any atom is 0.338 e. The molecule has 1 heterocycles. The summed E-state index contributed by atoms with van der Waals surface area (Å²) in [6.07, 6.45) is -4.55. The number of benzene rings is 1. The molecule has 1 aromatic rings. The fourth-order valence-corrected chi connectivity index (χ4v) is 10.1. The molecule has 1 saturated heterocycles. The molecule has 11 heteroatoms. The van der Waals surface area contributed by atoms with Gasteiger partial charge in [-0.15, -0.1) is 0 Å². The van der Waals surface area contributed by atoms with Crippen LogP contribution in [0.1, 0.15) is 71.7 Å². The molecule has 5 rings (SSSR count). The fraction of sp³-hybridized carbons (Fsp3) is 0.686. The van der Waals surface area contributed by atoms with Gasteiger partial charge in [-0.05, 0) is 62.2 Å². The number of ether oxygens (including phenoxy) is 4. The number of hydrogen-bond acceptors (Lipinski definition) is 10. The van der Waals surface area contributed by atoms with Crippen molar-refractivity contribution in [2.75, 3.05) is 6.61 Å². The molecule has 0 radical (unpaired) electrons. The van der Waals surface area contributed by atoms with Gasteiger partial charge in [-0.25, -0.2) is 4.79 Å². The van der Waals surface area contributed by atoms with E-state index in [1.54, 1.807) is 30.3 Å². The summed E-state index contributed by atoms with van der Waals surface area (Å²) in [6.45, 7) is 18.1. The van der Waals surface area contributed by atoms with Gasteiger partial charge in [0.1, 0.15) is 23.9 Å². The zero-order valence-corrected chi connectivity index (χ0v) is 29.7. The van der Waals surface area contributed by atoms with Crippen molar-refractivity contribution in [3.8, 4) is 0 Å². The summed E-state index contributed by atoms with van der Waals surface area (Å²) in [4.78, 5) is 39.6. The average Bonchev–Trinajstić information content (AvgIpc) is 2.94. The molecule has 0 amide bonds. The maximum atomic E-state index is 14.0. The second-order valence-electron chi connectivity index (χ2n) is 15.6. The first-order valence-corrected chi connectivity index (χ1v) is 19.7. The summed E-state index contributed by atoms with van der Waals surface area (Å²) in [5.41, 5.74) is -4.03. The molecule has 10 atom stereocenters. The second kappa shape index (κ2) is 11.5. The Bertz CT molecular complexity index is 1420. The first-order valence-electron chi connectivity index (χ1n) is 16.2. The predicted octanol–water partition coefficient (Wildman–Crippen LogP) is 4.58. The first kappa shape index (κ1) is 34.8. The summed E-state index contributed by atoms with van der Waals surface area (Å²) in [7, 11) is -2.24. The van der Waals surface area contributed by atoms with Gasteiger partial charge in [0.15, 0.2) is 20.0 Å². The molecule has 46 heavy (non-hydrogen) atoms. The van der Waals surface area contributed by atoms with Crippen LogP contribution in [0.25, 0.3) is 0 Å². The van der Waals surface area contributed by atoms with Crippen LogP contribution in [0.3, 0.4) is 0 Å². The lowest BCUT2D eigenvalue weighted by Gasteiger charge is -2.69. The van der Waals surface area contributed by atoms with Crippen LogP contribution in [0.2, 0.25) is 19.6 Å². The molecule has 10 nitrogen and oxygen atoms in total. The summed E-state index contributed by atoms with van der Waals surface area (Å²) in [5, 5.41) is 26.2. The monoisotopic (exact) mass is 658 g/mol. The molecule has 2 bridgehead atoms. The van der Waals surface area contributed by atoms with E-state index in [-0.39, 0.29) is 24.5 Å². The molecule has 3 fully saturated rings. The number of aliphatic hydroxyl groups excluding tert-OH is 1. The molecule has 3 aliphatic carbocycles. The maximum absolute atomic E-state index is 14.0. The number of rotatable bonds is 6. The first-order chi connectivity index (χ1) is 21.2. The van der Waals surface area contributed by atoms with Gasteiger partial charge < -0.3 is 33.6 Å². The highest BCUT2D eigenvalue weighted by molar-refractivity contribution is 6.69. The molecule has 254 valence electrons. The van der Waals surface area contributed by atoms with Crippen molar-refractivity contribution >= 4 is 26.2 Å². The lowest BCUT2D eigenvalue weighted by molar-refractivity contribution is -0.358. The van der Waals surface area contributed by atoms with Crippen LogP contribution in [-0.4, -0.2) is 84.8 Å². The summed E-state index contributed by atoms with van der Waals surface area (Å²) < 4.78 is 31.5. The summed E-state index contributed by atoms with van der Waals surface area (Å²) in [5.74, 6) is -3.08. The number of fused-ring (bicyclic) bond motifs is 5. The quantitative estimate of drug-likeness (QED) is 0.193. The van der Waals surface area contributed by atoms with Crippen molar-refractivity contribution in [1.29, 1.82) is 0 Å². The molecule has 2 saturated carbocycles.